The number of benzene rings is 1. The van der Waals surface area contributed by atoms with Gasteiger partial charge in [-0.2, -0.15) is 16.3 Å². The van der Waals surface area contributed by atoms with Gasteiger partial charge in [0.05, 0.1) is 12.2 Å². The molecule has 0 aliphatic heterocycles. The second-order valence-corrected chi connectivity index (χ2v) is 4.88. The fraction of sp³-hybridized carbons (Fsp3) is 0.0769. The molecule has 0 radical (unpaired) electrons. The van der Waals surface area contributed by atoms with Gasteiger partial charge < -0.3 is 9.84 Å². The first-order valence-corrected chi connectivity index (χ1v) is 6.82. The third-order valence-electron chi connectivity index (χ3n) is 2.71. The Morgan fingerprint density at radius 3 is 2.76 bits per heavy atom. The standard InChI is InChI=1S/C13H8F3N3OS/c14-8-1-2-9(12(16)11(8)15)17-5-10-18-13(19-20-10)7-3-4-21-6-7/h1-4,6,17H,5H2. The van der Waals surface area contributed by atoms with Crippen molar-refractivity contribution in [3.63, 3.8) is 0 Å². The molecule has 2 aromatic heterocycles. The normalized spacial score (nSPS) is 10.8. The summed E-state index contributed by atoms with van der Waals surface area (Å²) in [5, 5.41) is 10.1. The van der Waals surface area contributed by atoms with Crippen molar-refractivity contribution in [1.29, 1.82) is 0 Å². The number of nitrogens with zero attached hydrogens (tertiary/aromatic N) is 2. The maximum Gasteiger partial charge on any atom is 0.246 e. The summed E-state index contributed by atoms with van der Waals surface area (Å²) in [7, 11) is 0. The summed E-state index contributed by atoms with van der Waals surface area (Å²) in [6.45, 7) is -0.000864. The van der Waals surface area contributed by atoms with Crippen molar-refractivity contribution in [1.82, 2.24) is 10.1 Å². The van der Waals surface area contributed by atoms with E-state index in [1.54, 1.807) is 0 Å². The van der Waals surface area contributed by atoms with Crippen LogP contribution in [0.3, 0.4) is 0 Å². The molecule has 1 N–H and O–H groups in total. The van der Waals surface area contributed by atoms with Gasteiger partial charge in [-0.05, 0) is 23.6 Å². The molecule has 0 amide bonds. The smallest absolute Gasteiger partial charge is 0.246 e. The third-order valence-corrected chi connectivity index (χ3v) is 3.40. The van der Waals surface area contributed by atoms with Crippen molar-refractivity contribution in [2.24, 2.45) is 0 Å². The molecular weight excluding hydrogens is 303 g/mol. The molecule has 0 atom stereocenters. The average molecular weight is 311 g/mol. The largest absolute Gasteiger partial charge is 0.374 e. The van der Waals surface area contributed by atoms with Crippen molar-refractivity contribution in [2.75, 3.05) is 5.32 Å². The Balaban J connectivity index is 1.72. The summed E-state index contributed by atoms with van der Waals surface area (Å²) in [6, 6.07) is 3.77. The molecular formula is C13H8F3N3OS. The molecule has 3 rings (SSSR count). The monoisotopic (exact) mass is 311 g/mol. The van der Waals surface area contributed by atoms with Gasteiger partial charge in [0.2, 0.25) is 11.7 Å². The van der Waals surface area contributed by atoms with Gasteiger partial charge in [0.25, 0.3) is 0 Å². The fourth-order valence-corrected chi connectivity index (χ4v) is 2.30. The van der Waals surface area contributed by atoms with Crippen LogP contribution in [0.5, 0.6) is 0 Å². The van der Waals surface area contributed by atoms with E-state index in [1.165, 1.54) is 11.3 Å². The lowest BCUT2D eigenvalue weighted by atomic mass is 10.3. The van der Waals surface area contributed by atoms with E-state index in [0.717, 1.165) is 17.7 Å². The zero-order chi connectivity index (χ0) is 14.8. The van der Waals surface area contributed by atoms with E-state index in [1.807, 2.05) is 16.8 Å². The van der Waals surface area contributed by atoms with E-state index in [4.69, 9.17) is 4.52 Å². The van der Waals surface area contributed by atoms with E-state index >= 15 is 0 Å². The first kappa shape index (κ1) is 13.6. The highest BCUT2D eigenvalue weighted by Crippen LogP contribution is 2.21. The molecule has 108 valence electrons. The maximum absolute atomic E-state index is 13.5. The van der Waals surface area contributed by atoms with Crippen molar-refractivity contribution in [3.8, 4) is 11.4 Å². The topological polar surface area (TPSA) is 51.0 Å². The van der Waals surface area contributed by atoms with E-state index in [9.17, 15) is 13.2 Å². The summed E-state index contributed by atoms with van der Waals surface area (Å²) in [5.41, 5.74) is 0.637. The highest BCUT2D eigenvalue weighted by atomic mass is 32.1. The predicted octanol–water partition coefficient (Wildman–Crippen LogP) is 3.83. The van der Waals surface area contributed by atoms with Gasteiger partial charge >= 0.3 is 0 Å². The van der Waals surface area contributed by atoms with Gasteiger partial charge in [-0.15, -0.1) is 0 Å². The average Bonchev–Trinajstić information content (AvgIpc) is 3.14. The molecule has 0 fully saturated rings. The second-order valence-electron chi connectivity index (χ2n) is 4.10. The molecule has 0 saturated heterocycles. The zero-order valence-electron chi connectivity index (χ0n) is 10.4. The lowest BCUT2D eigenvalue weighted by Gasteiger charge is -2.05. The number of aromatic nitrogens is 2. The zero-order valence-corrected chi connectivity index (χ0v) is 11.3. The van der Waals surface area contributed by atoms with Crippen LogP contribution in [0.4, 0.5) is 18.9 Å². The van der Waals surface area contributed by atoms with Gasteiger partial charge in [0.15, 0.2) is 17.5 Å². The van der Waals surface area contributed by atoms with Crippen LogP contribution < -0.4 is 5.32 Å². The Labute approximate surface area is 121 Å². The molecule has 8 heteroatoms. The van der Waals surface area contributed by atoms with Crippen molar-refractivity contribution in [3.05, 3.63) is 52.3 Å². The van der Waals surface area contributed by atoms with E-state index in [-0.39, 0.29) is 18.1 Å². The van der Waals surface area contributed by atoms with Crippen LogP contribution in [-0.4, -0.2) is 10.1 Å². The van der Waals surface area contributed by atoms with Gasteiger partial charge in [0.1, 0.15) is 0 Å². The van der Waals surface area contributed by atoms with E-state index in [0.29, 0.717) is 5.82 Å². The Bertz CT molecular complexity index is 758. The molecule has 0 saturated carbocycles. The summed E-state index contributed by atoms with van der Waals surface area (Å²) >= 11 is 1.49. The highest BCUT2D eigenvalue weighted by Gasteiger charge is 2.14. The van der Waals surface area contributed by atoms with Crippen LogP contribution in [-0.2, 0) is 6.54 Å². The number of thiophene rings is 1. The van der Waals surface area contributed by atoms with Crippen LogP contribution in [0, 0.1) is 17.5 Å². The summed E-state index contributed by atoms with van der Waals surface area (Å²) in [4.78, 5) is 4.11. The molecule has 21 heavy (non-hydrogen) atoms. The lowest BCUT2D eigenvalue weighted by Crippen LogP contribution is -2.04. The number of halogens is 3. The van der Waals surface area contributed by atoms with Gasteiger partial charge in [-0.25, -0.2) is 13.2 Å². The minimum atomic E-state index is -1.52. The number of nitrogens with one attached hydrogen (secondary N) is 1. The van der Waals surface area contributed by atoms with Crippen molar-refractivity contribution in [2.45, 2.75) is 6.54 Å². The Kier molecular flexibility index (Phi) is 3.61. The van der Waals surface area contributed by atoms with Gasteiger partial charge in [-0.1, -0.05) is 5.16 Å². The van der Waals surface area contributed by atoms with Gasteiger partial charge in [-0.3, -0.25) is 0 Å². The van der Waals surface area contributed by atoms with Crippen LogP contribution in [0.2, 0.25) is 0 Å². The quantitative estimate of drug-likeness (QED) is 0.744. The molecule has 3 aromatic rings. The first-order valence-electron chi connectivity index (χ1n) is 5.87. The minimum absolute atomic E-state index is 0.000864. The van der Waals surface area contributed by atoms with Crippen molar-refractivity contribution >= 4 is 17.0 Å². The number of anilines is 1. The second kappa shape index (κ2) is 5.57. The lowest BCUT2D eigenvalue weighted by molar-refractivity contribution is 0.383. The summed E-state index contributed by atoms with van der Waals surface area (Å²) < 4.78 is 44.3. The van der Waals surface area contributed by atoms with Crippen LogP contribution >= 0.6 is 11.3 Å². The molecule has 0 bridgehead atoms. The number of rotatable bonds is 4. The third kappa shape index (κ3) is 2.75. The van der Waals surface area contributed by atoms with Crippen LogP contribution in [0.25, 0.3) is 11.4 Å². The van der Waals surface area contributed by atoms with E-state index < -0.39 is 17.5 Å². The van der Waals surface area contributed by atoms with Crippen LogP contribution in [0.1, 0.15) is 5.89 Å². The Morgan fingerprint density at radius 2 is 2.00 bits per heavy atom. The van der Waals surface area contributed by atoms with Crippen molar-refractivity contribution < 1.29 is 17.7 Å². The number of hydrogen-bond acceptors (Lipinski definition) is 5. The fourth-order valence-electron chi connectivity index (χ4n) is 1.67. The molecule has 0 unspecified atom stereocenters. The Hall–Kier alpha value is -2.35. The Morgan fingerprint density at radius 1 is 1.14 bits per heavy atom. The molecule has 0 aliphatic rings. The molecule has 0 aliphatic carbocycles. The first-order chi connectivity index (χ1) is 10.1. The molecule has 2 heterocycles. The highest BCUT2D eigenvalue weighted by molar-refractivity contribution is 7.08. The number of hydrogen-bond donors (Lipinski definition) is 1. The molecule has 4 nitrogen and oxygen atoms in total. The van der Waals surface area contributed by atoms with E-state index in [2.05, 4.69) is 15.5 Å². The van der Waals surface area contributed by atoms with Crippen LogP contribution in [0.15, 0.2) is 33.5 Å². The molecule has 1 aromatic carbocycles. The minimum Gasteiger partial charge on any atom is -0.374 e. The SMILES string of the molecule is Fc1ccc(NCc2nc(-c3ccsc3)no2)c(F)c1F. The van der Waals surface area contributed by atoms with Gasteiger partial charge in [0, 0.05) is 10.9 Å². The summed E-state index contributed by atoms with van der Waals surface area (Å²) in [5.74, 6) is -3.42. The predicted molar refractivity (Wildman–Crippen MR) is 71.3 cm³/mol. The molecule has 0 spiro atoms. The summed E-state index contributed by atoms with van der Waals surface area (Å²) in [6.07, 6.45) is 0. The maximum atomic E-state index is 13.5.